The van der Waals surface area contributed by atoms with Crippen LogP contribution in [0.5, 0.6) is 0 Å². The van der Waals surface area contributed by atoms with Crippen LogP contribution in [0.3, 0.4) is 0 Å². The van der Waals surface area contributed by atoms with Gasteiger partial charge in [-0.15, -0.1) is 24.0 Å². The maximum atomic E-state index is 10.9. The molecule has 0 rings (SSSR count). The Hall–Kier alpha value is -0.170. The molecular weight excluding hydrogens is 423 g/mol. The third kappa shape index (κ3) is 17.9. The maximum Gasteiger partial charge on any atom is 0.208 e. The normalized spacial score (nSPS) is 11.9. The molecule has 0 saturated heterocycles. The van der Waals surface area contributed by atoms with Gasteiger partial charge in [0.1, 0.15) is 0 Å². The number of sulfonamides is 1. The SMILES string of the molecule is CN=C(NCCCNS(C)(=O)=O)NCCCOCCOC.I. The zero-order valence-corrected chi connectivity index (χ0v) is 16.7. The lowest BCUT2D eigenvalue weighted by Gasteiger charge is -2.12. The molecule has 10 heteroatoms. The topological polar surface area (TPSA) is 101 Å². The summed E-state index contributed by atoms with van der Waals surface area (Å²) in [6.07, 6.45) is 2.71. The Bertz CT molecular complexity index is 379. The highest BCUT2D eigenvalue weighted by Gasteiger charge is 2.00. The molecule has 8 nitrogen and oxygen atoms in total. The minimum atomic E-state index is -3.10. The van der Waals surface area contributed by atoms with E-state index >= 15 is 0 Å². The van der Waals surface area contributed by atoms with E-state index in [0.29, 0.717) is 45.3 Å². The first-order valence-corrected chi connectivity index (χ1v) is 8.84. The second kappa shape index (κ2) is 15.7. The molecule has 3 N–H and O–H groups in total. The number of halogens is 1. The van der Waals surface area contributed by atoms with Crippen LogP contribution in [0.15, 0.2) is 4.99 Å². The van der Waals surface area contributed by atoms with Gasteiger partial charge in [0.05, 0.1) is 19.5 Å². The zero-order chi connectivity index (χ0) is 16.0. The summed E-state index contributed by atoms with van der Waals surface area (Å²) in [5.74, 6) is 0.700. The summed E-state index contributed by atoms with van der Waals surface area (Å²) in [5, 5.41) is 6.27. The molecule has 0 atom stereocenters. The van der Waals surface area contributed by atoms with Crippen LogP contribution >= 0.6 is 24.0 Å². The van der Waals surface area contributed by atoms with E-state index in [9.17, 15) is 8.42 Å². The Balaban J connectivity index is 0. The average molecular weight is 452 g/mol. The molecule has 0 unspecified atom stereocenters. The van der Waals surface area contributed by atoms with Gasteiger partial charge in [-0.1, -0.05) is 0 Å². The molecule has 0 fully saturated rings. The lowest BCUT2D eigenvalue weighted by atomic mass is 10.4. The molecule has 0 spiro atoms. The Morgan fingerprint density at radius 2 is 1.68 bits per heavy atom. The number of hydrogen-bond donors (Lipinski definition) is 3. The number of hydrogen-bond acceptors (Lipinski definition) is 5. The van der Waals surface area contributed by atoms with Crippen molar-refractivity contribution in [1.82, 2.24) is 15.4 Å². The molecule has 0 aromatic carbocycles. The Labute approximate surface area is 150 Å². The molecule has 134 valence electrons. The number of nitrogens with one attached hydrogen (secondary N) is 3. The van der Waals surface area contributed by atoms with Gasteiger partial charge in [-0.2, -0.15) is 0 Å². The fraction of sp³-hybridized carbons (Fsp3) is 0.917. The van der Waals surface area contributed by atoms with Crippen molar-refractivity contribution in [3.8, 4) is 0 Å². The lowest BCUT2D eigenvalue weighted by Crippen LogP contribution is -2.39. The number of guanidine groups is 1. The van der Waals surface area contributed by atoms with Crippen molar-refractivity contribution >= 4 is 40.0 Å². The summed E-state index contributed by atoms with van der Waals surface area (Å²) in [6, 6.07) is 0. The van der Waals surface area contributed by atoms with Gasteiger partial charge in [0.25, 0.3) is 0 Å². The van der Waals surface area contributed by atoms with E-state index in [2.05, 4.69) is 20.3 Å². The standard InChI is InChI=1S/C12H28N4O4S.HI/c1-13-12(14-6-4-8-16-21(3,17)18)15-7-5-9-20-11-10-19-2;/h16H,4-11H2,1-3H3,(H2,13,14,15);1H. The van der Waals surface area contributed by atoms with Crippen LogP contribution in [0.25, 0.3) is 0 Å². The van der Waals surface area contributed by atoms with E-state index in [0.717, 1.165) is 19.2 Å². The molecule has 0 aliphatic heterocycles. The van der Waals surface area contributed by atoms with Crippen LogP contribution in [0.1, 0.15) is 12.8 Å². The van der Waals surface area contributed by atoms with Gasteiger partial charge in [0.15, 0.2) is 5.96 Å². The van der Waals surface area contributed by atoms with Crippen molar-refractivity contribution in [3.63, 3.8) is 0 Å². The summed E-state index contributed by atoms with van der Waals surface area (Å²) in [4.78, 5) is 4.08. The van der Waals surface area contributed by atoms with Crippen LogP contribution in [-0.4, -0.2) is 74.2 Å². The molecule has 0 amide bonds. The van der Waals surface area contributed by atoms with Crippen molar-refractivity contribution in [1.29, 1.82) is 0 Å². The average Bonchev–Trinajstić information content (AvgIpc) is 2.42. The molecule has 0 saturated carbocycles. The monoisotopic (exact) mass is 452 g/mol. The highest BCUT2D eigenvalue weighted by Crippen LogP contribution is 1.83. The molecular formula is C12H29IN4O4S. The van der Waals surface area contributed by atoms with E-state index in [-0.39, 0.29) is 24.0 Å². The molecule has 0 radical (unpaired) electrons. The van der Waals surface area contributed by atoms with Crippen LogP contribution < -0.4 is 15.4 Å². The summed E-state index contributed by atoms with van der Waals surface area (Å²) in [7, 11) is 0.234. The van der Waals surface area contributed by atoms with E-state index in [1.807, 2.05) is 0 Å². The Morgan fingerprint density at radius 1 is 1.05 bits per heavy atom. The smallest absolute Gasteiger partial charge is 0.208 e. The number of nitrogens with zero attached hydrogens (tertiary/aromatic N) is 1. The van der Waals surface area contributed by atoms with Crippen molar-refractivity contribution in [2.45, 2.75) is 12.8 Å². The minimum Gasteiger partial charge on any atom is -0.382 e. The first-order valence-electron chi connectivity index (χ1n) is 6.95. The van der Waals surface area contributed by atoms with Gasteiger partial charge < -0.3 is 20.1 Å². The van der Waals surface area contributed by atoms with Crippen LogP contribution in [0, 0.1) is 0 Å². The summed E-state index contributed by atoms with van der Waals surface area (Å²) >= 11 is 0. The number of rotatable bonds is 12. The van der Waals surface area contributed by atoms with E-state index in [4.69, 9.17) is 9.47 Å². The number of aliphatic imine (C=N–C) groups is 1. The predicted molar refractivity (Wildman–Crippen MR) is 99.6 cm³/mol. The molecule has 0 heterocycles. The molecule has 0 aromatic rings. The third-order valence-electron chi connectivity index (χ3n) is 2.42. The van der Waals surface area contributed by atoms with Crippen molar-refractivity contribution < 1.29 is 17.9 Å². The molecule has 0 aliphatic carbocycles. The summed E-state index contributed by atoms with van der Waals surface area (Å²) in [5.41, 5.74) is 0. The van der Waals surface area contributed by atoms with Crippen LogP contribution in [0.2, 0.25) is 0 Å². The first-order chi connectivity index (χ1) is 9.99. The minimum absolute atomic E-state index is 0. The third-order valence-corrected chi connectivity index (χ3v) is 3.15. The van der Waals surface area contributed by atoms with Crippen molar-refractivity contribution in [3.05, 3.63) is 0 Å². The molecule has 0 aromatic heterocycles. The van der Waals surface area contributed by atoms with E-state index in [1.165, 1.54) is 0 Å². The molecule has 22 heavy (non-hydrogen) atoms. The largest absolute Gasteiger partial charge is 0.382 e. The number of methoxy groups -OCH3 is 1. The van der Waals surface area contributed by atoms with Gasteiger partial charge >= 0.3 is 0 Å². The lowest BCUT2D eigenvalue weighted by molar-refractivity contribution is 0.0698. The highest BCUT2D eigenvalue weighted by molar-refractivity contribution is 14.0. The van der Waals surface area contributed by atoms with E-state index < -0.39 is 10.0 Å². The highest BCUT2D eigenvalue weighted by atomic mass is 127. The van der Waals surface area contributed by atoms with Gasteiger partial charge in [0.2, 0.25) is 10.0 Å². The number of ether oxygens (including phenoxy) is 2. The Kier molecular flexibility index (Phi) is 17.2. The molecule has 0 bridgehead atoms. The second-order valence-corrected chi connectivity index (χ2v) is 6.24. The quantitative estimate of drug-likeness (QED) is 0.164. The van der Waals surface area contributed by atoms with Crippen LogP contribution in [-0.2, 0) is 19.5 Å². The second-order valence-electron chi connectivity index (χ2n) is 4.40. The van der Waals surface area contributed by atoms with Gasteiger partial charge in [-0.3, -0.25) is 4.99 Å². The van der Waals surface area contributed by atoms with Gasteiger partial charge in [0, 0.05) is 40.4 Å². The van der Waals surface area contributed by atoms with Crippen molar-refractivity contribution in [2.75, 3.05) is 59.9 Å². The van der Waals surface area contributed by atoms with E-state index in [1.54, 1.807) is 14.2 Å². The zero-order valence-electron chi connectivity index (χ0n) is 13.6. The first kappa shape index (κ1) is 24.1. The van der Waals surface area contributed by atoms with Crippen LogP contribution in [0.4, 0.5) is 0 Å². The van der Waals surface area contributed by atoms with Crippen molar-refractivity contribution in [2.24, 2.45) is 4.99 Å². The predicted octanol–water partition coefficient (Wildman–Crippen LogP) is -0.238. The molecule has 0 aliphatic rings. The van der Waals surface area contributed by atoms with Gasteiger partial charge in [-0.25, -0.2) is 13.1 Å². The fourth-order valence-electron chi connectivity index (χ4n) is 1.40. The maximum absolute atomic E-state index is 10.9. The Morgan fingerprint density at radius 3 is 2.23 bits per heavy atom. The summed E-state index contributed by atoms with van der Waals surface area (Å²) < 4.78 is 34.4. The fourth-order valence-corrected chi connectivity index (χ4v) is 1.91. The summed E-state index contributed by atoms with van der Waals surface area (Å²) in [6.45, 7) is 3.71. The van der Waals surface area contributed by atoms with Gasteiger partial charge in [-0.05, 0) is 12.8 Å².